The number of carbonyl (C=O) groups excluding carboxylic acids is 1. The van der Waals surface area contributed by atoms with E-state index in [1.54, 1.807) is 19.2 Å². The van der Waals surface area contributed by atoms with E-state index in [1.165, 1.54) is 0 Å². The van der Waals surface area contributed by atoms with Crippen LogP contribution in [0.1, 0.15) is 44.2 Å². The van der Waals surface area contributed by atoms with Crippen LogP contribution in [0, 0.1) is 6.92 Å². The summed E-state index contributed by atoms with van der Waals surface area (Å²) in [6.07, 6.45) is 1.48. The van der Waals surface area contributed by atoms with E-state index >= 15 is 0 Å². The normalized spacial score (nSPS) is 14.6. The van der Waals surface area contributed by atoms with Crippen molar-refractivity contribution in [2.75, 3.05) is 7.05 Å². The van der Waals surface area contributed by atoms with Gasteiger partial charge in [-0.2, -0.15) is 0 Å². The minimum Gasteiger partial charge on any atom is -0.760 e. The molecule has 0 aliphatic heterocycles. The summed E-state index contributed by atoms with van der Waals surface area (Å²) in [4.78, 5) is 12.8. The summed E-state index contributed by atoms with van der Waals surface area (Å²) < 4.78 is 25.4. The lowest BCUT2D eigenvalue weighted by atomic mass is 9.86. The minimum atomic E-state index is -2.60. The molecule has 0 saturated heterocycles. The molecule has 1 amide bonds. The van der Waals surface area contributed by atoms with Crippen LogP contribution in [0.3, 0.4) is 0 Å². The maximum Gasteiger partial charge on any atom is 0.222 e. The molecule has 0 bridgehead atoms. The van der Waals surface area contributed by atoms with Gasteiger partial charge in [0.25, 0.3) is 0 Å². The van der Waals surface area contributed by atoms with Gasteiger partial charge in [0, 0.05) is 24.4 Å². The highest BCUT2D eigenvalue weighted by atomic mass is 32.2. The standard InChI is InChI=1S/C17H27N3O3S2/c1-5-14(6-2)19-15(21)11-17(16(24)18-4,20-25(22)23)13-9-7-12(3)8-10-13/h7-10,14,20H,5-6,11H2,1-4H3,(H,18,24)(H,19,21)(H,22,23)/p-1. The molecule has 8 heteroatoms. The Labute approximate surface area is 157 Å². The largest absolute Gasteiger partial charge is 0.760 e. The molecular weight excluding hydrogens is 358 g/mol. The summed E-state index contributed by atoms with van der Waals surface area (Å²) in [5, 5.41) is 5.76. The smallest absolute Gasteiger partial charge is 0.222 e. The number of rotatable bonds is 9. The van der Waals surface area contributed by atoms with Crippen molar-refractivity contribution in [3.63, 3.8) is 0 Å². The van der Waals surface area contributed by atoms with Gasteiger partial charge in [-0.25, -0.2) is 4.72 Å². The number of thiocarbonyl (C=S) groups is 1. The molecule has 6 nitrogen and oxygen atoms in total. The third-order valence-electron chi connectivity index (χ3n) is 4.19. The van der Waals surface area contributed by atoms with Gasteiger partial charge in [-0.15, -0.1) is 0 Å². The van der Waals surface area contributed by atoms with Crippen molar-refractivity contribution in [1.29, 1.82) is 0 Å². The lowest BCUT2D eigenvalue weighted by Gasteiger charge is -2.36. The SMILES string of the molecule is CCC(CC)NC(=O)CC(NS(=O)[O-])(C(=S)NC)c1ccc(C)cc1. The number of amides is 1. The van der Waals surface area contributed by atoms with Crippen LogP contribution in [0.2, 0.25) is 0 Å². The average Bonchev–Trinajstić information content (AvgIpc) is 2.58. The zero-order chi connectivity index (χ0) is 19.0. The molecule has 0 aliphatic rings. The lowest BCUT2D eigenvalue weighted by molar-refractivity contribution is -0.122. The van der Waals surface area contributed by atoms with E-state index in [9.17, 15) is 13.6 Å². The zero-order valence-corrected chi connectivity index (χ0v) is 16.7. The van der Waals surface area contributed by atoms with Crippen molar-refractivity contribution in [2.24, 2.45) is 0 Å². The summed E-state index contributed by atoms with van der Waals surface area (Å²) in [5.74, 6) is -0.259. The molecule has 0 aromatic heterocycles. The second-order valence-corrected chi connectivity index (χ2v) is 7.03. The molecule has 2 unspecified atom stereocenters. The maximum absolute atomic E-state index is 12.6. The van der Waals surface area contributed by atoms with Crippen molar-refractivity contribution in [3.05, 3.63) is 35.4 Å². The monoisotopic (exact) mass is 384 g/mol. The molecule has 0 spiro atoms. The van der Waals surface area contributed by atoms with E-state index < -0.39 is 16.8 Å². The van der Waals surface area contributed by atoms with Crippen molar-refractivity contribution >= 4 is 34.4 Å². The fourth-order valence-corrected chi connectivity index (χ4v) is 3.54. The number of hydrogen-bond donors (Lipinski definition) is 3. The molecule has 1 aromatic rings. The molecule has 0 radical (unpaired) electrons. The number of nitrogens with one attached hydrogen (secondary N) is 3. The van der Waals surface area contributed by atoms with Crippen LogP contribution in [0.5, 0.6) is 0 Å². The lowest BCUT2D eigenvalue weighted by Crippen LogP contribution is -2.56. The molecule has 1 aromatic carbocycles. The molecule has 0 aliphatic carbocycles. The van der Waals surface area contributed by atoms with Crippen LogP contribution in [-0.4, -0.2) is 32.7 Å². The number of aryl methyl sites for hydroxylation is 1. The molecule has 0 heterocycles. The van der Waals surface area contributed by atoms with E-state index in [0.717, 1.165) is 18.4 Å². The molecule has 0 saturated carbocycles. The molecule has 3 N–H and O–H groups in total. The predicted octanol–water partition coefficient (Wildman–Crippen LogP) is 1.82. The van der Waals surface area contributed by atoms with Crippen LogP contribution in [0.4, 0.5) is 0 Å². The van der Waals surface area contributed by atoms with E-state index in [0.29, 0.717) is 5.56 Å². The van der Waals surface area contributed by atoms with Gasteiger partial charge in [-0.05, 0) is 25.3 Å². The highest BCUT2D eigenvalue weighted by molar-refractivity contribution is 7.80. The second kappa shape index (κ2) is 9.96. The van der Waals surface area contributed by atoms with Crippen LogP contribution in [-0.2, 0) is 21.6 Å². The summed E-state index contributed by atoms with van der Waals surface area (Å²) in [7, 11) is 1.61. The summed E-state index contributed by atoms with van der Waals surface area (Å²) >= 11 is 2.78. The number of hydrogen-bond acceptors (Lipinski definition) is 4. The van der Waals surface area contributed by atoms with Crippen molar-refractivity contribution in [2.45, 2.75) is 51.6 Å². The van der Waals surface area contributed by atoms with E-state index in [1.807, 2.05) is 32.9 Å². The first kappa shape index (κ1) is 21.7. The third-order valence-corrected chi connectivity index (χ3v) is 5.26. The Morgan fingerprint density at radius 1 is 1.28 bits per heavy atom. The Bertz CT molecular complexity index is 618. The van der Waals surface area contributed by atoms with Gasteiger partial charge in [0.1, 0.15) is 10.5 Å². The Morgan fingerprint density at radius 2 is 1.84 bits per heavy atom. The van der Waals surface area contributed by atoms with Gasteiger partial charge in [0.15, 0.2) is 0 Å². The van der Waals surface area contributed by atoms with Crippen LogP contribution < -0.4 is 15.4 Å². The van der Waals surface area contributed by atoms with Gasteiger partial charge in [0.2, 0.25) is 5.91 Å². The summed E-state index contributed by atoms with van der Waals surface area (Å²) in [6, 6.07) is 7.32. The van der Waals surface area contributed by atoms with Crippen LogP contribution in [0.15, 0.2) is 24.3 Å². The zero-order valence-electron chi connectivity index (χ0n) is 15.0. The molecule has 1 rings (SSSR count). The van der Waals surface area contributed by atoms with Crippen molar-refractivity contribution < 1.29 is 13.6 Å². The van der Waals surface area contributed by atoms with Crippen LogP contribution in [0.25, 0.3) is 0 Å². The molecular formula is C17H26N3O3S2-. The fourth-order valence-electron chi connectivity index (χ4n) is 2.66. The summed E-state index contributed by atoms with van der Waals surface area (Å²) in [6.45, 7) is 5.91. The predicted molar refractivity (Wildman–Crippen MR) is 104 cm³/mol. The summed E-state index contributed by atoms with van der Waals surface area (Å²) in [5.41, 5.74) is 0.305. The van der Waals surface area contributed by atoms with Gasteiger partial charge in [-0.3, -0.25) is 9.00 Å². The van der Waals surface area contributed by atoms with Gasteiger partial charge < -0.3 is 15.2 Å². The topological polar surface area (TPSA) is 93.3 Å². The molecule has 0 fully saturated rings. The Morgan fingerprint density at radius 3 is 2.28 bits per heavy atom. The van der Waals surface area contributed by atoms with E-state index in [-0.39, 0.29) is 23.4 Å². The molecule has 140 valence electrons. The highest BCUT2D eigenvalue weighted by Gasteiger charge is 2.39. The van der Waals surface area contributed by atoms with Crippen molar-refractivity contribution in [3.8, 4) is 0 Å². The van der Waals surface area contributed by atoms with E-state index in [2.05, 4.69) is 15.4 Å². The molecule has 2 atom stereocenters. The Balaban J connectivity index is 3.28. The minimum absolute atomic E-state index is 0.0455. The Hall–Kier alpha value is -1.35. The van der Waals surface area contributed by atoms with Gasteiger partial charge in [-0.1, -0.05) is 55.9 Å². The van der Waals surface area contributed by atoms with Crippen molar-refractivity contribution in [1.82, 2.24) is 15.4 Å². The average molecular weight is 385 g/mol. The van der Waals surface area contributed by atoms with Crippen LogP contribution >= 0.6 is 12.2 Å². The maximum atomic E-state index is 12.6. The van der Waals surface area contributed by atoms with Gasteiger partial charge in [0.05, 0.1) is 6.42 Å². The first-order valence-corrected chi connectivity index (χ1v) is 9.73. The molecule has 25 heavy (non-hydrogen) atoms. The first-order chi connectivity index (χ1) is 11.8. The first-order valence-electron chi connectivity index (χ1n) is 8.24. The number of carbonyl (C=O) groups is 1. The fraction of sp³-hybridized carbons (Fsp3) is 0.529. The van der Waals surface area contributed by atoms with Gasteiger partial charge >= 0.3 is 0 Å². The quantitative estimate of drug-likeness (QED) is 0.446. The second-order valence-electron chi connectivity index (χ2n) is 5.94. The van der Waals surface area contributed by atoms with E-state index in [4.69, 9.17) is 12.2 Å². The Kier molecular flexibility index (Phi) is 8.64. The number of benzene rings is 1. The third kappa shape index (κ3) is 5.85. The number of likely N-dealkylation sites (N-methyl/N-ethyl adjacent to an activating group) is 1. The highest BCUT2D eigenvalue weighted by Crippen LogP contribution is 2.28.